The van der Waals surface area contributed by atoms with Crippen molar-refractivity contribution in [3.8, 4) is 0 Å². The number of aromatic nitrogens is 1. The molecule has 1 amide bonds. The van der Waals surface area contributed by atoms with Gasteiger partial charge in [-0.25, -0.2) is 4.98 Å². The molecule has 1 rings (SSSR count). The zero-order valence-electron chi connectivity index (χ0n) is 11.2. The van der Waals surface area contributed by atoms with E-state index in [1.165, 1.54) is 0 Å². The van der Waals surface area contributed by atoms with Gasteiger partial charge in [0.25, 0.3) is 5.91 Å². The number of hydrogen-bond donors (Lipinski definition) is 2. The number of pyridine rings is 1. The van der Waals surface area contributed by atoms with Gasteiger partial charge in [0.05, 0.1) is 6.61 Å². The number of hydrogen-bond acceptors (Lipinski definition) is 4. The van der Waals surface area contributed by atoms with Crippen LogP contribution in [0.25, 0.3) is 0 Å². The Morgan fingerprint density at radius 3 is 2.72 bits per heavy atom. The van der Waals surface area contributed by atoms with Gasteiger partial charge in [0.1, 0.15) is 5.82 Å². The molecular weight excluding hydrogens is 230 g/mol. The van der Waals surface area contributed by atoms with Crippen LogP contribution in [0.5, 0.6) is 0 Å². The highest BCUT2D eigenvalue weighted by molar-refractivity contribution is 5.95. The van der Waals surface area contributed by atoms with Gasteiger partial charge in [-0.05, 0) is 32.9 Å². The third-order valence-corrected chi connectivity index (χ3v) is 2.60. The maximum absolute atomic E-state index is 12.2. The van der Waals surface area contributed by atoms with Crippen LogP contribution in [0.4, 0.5) is 5.82 Å². The van der Waals surface area contributed by atoms with Crippen molar-refractivity contribution < 1.29 is 9.90 Å². The monoisotopic (exact) mass is 251 g/mol. The first-order valence-electron chi connectivity index (χ1n) is 6.25. The zero-order valence-corrected chi connectivity index (χ0v) is 11.2. The largest absolute Gasteiger partial charge is 0.395 e. The summed E-state index contributed by atoms with van der Waals surface area (Å²) in [6.07, 6.45) is 0. The molecule has 0 atom stereocenters. The molecular formula is C13H21N3O2. The summed E-state index contributed by atoms with van der Waals surface area (Å²) >= 11 is 0. The van der Waals surface area contributed by atoms with Crippen molar-refractivity contribution in [3.05, 3.63) is 23.4 Å². The standard InChI is InChI=1S/C13H21N3O2/c1-4-14-12-9-11(8-10(3)15-12)13(18)16(5-2)6-7-17/h8-9,17H,4-7H2,1-3H3,(H,14,15). The number of nitrogens with one attached hydrogen (secondary N) is 1. The predicted molar refractivity (Wildman–Crippen MR) is 71.8 cm³/mol. The van der Waals surface area contributed by atoms with E-state index in [-0.39, 0.29) is 12.5 Å². The molecule has 1 aromatic heterocycles. The molecule has 1 heterocycles. The Hall–Kier alpha value is -1.62. The number of rotatable bonds is 6. The quantitative estimate of drug-likeness (QED) is 0.799. The molecule has 0 aromatic carbocycles. The highest BCUT2D eigenvalue weighted by atomic mass is 16.3. The number of anilines is 1. The smallest absolute Gasteiger partial charge is 0.254 e. The van der Waals surface area contributed by atoms with Crippen LogP contribution in [0.2, 0.25) is 0 Å². The average Bonchev–Trinajstić information content (AvgIpc) is 2.35. The van der Waals surface area contributed by atoms with Gasteiger partial charge in [-0.3, -0.25) is 4.79 Å². The van der Waals surface area contributed by atoms with Crippen LogP contribution in [0.3, 0.4) is 0 Å². The molecule has 0 radical (unpaired) electrons. The summed E-state index contributed by atoms with van der Waals surface area (Å²) in [5.41, 5.74) is 1.41. The van der Waals surface area contributed by atoms with Crippen molar-refractivity contribution in [3.63, 3.8) is 0 Å². The van der Waals surface area contributed by atoms with E-state index < -0.39 is 0 Å². The summed E-state index contributed by atoms with van der Waals surface area (Å²) in [6, 6.07) is 3.52. The minimum Gasteiger partial charge on any atom is -0.395 e. The van der Waals surface area contributed by atoms with E-state index in [0.29, 0.717) is 24.5 Å². The second-order valence-corrected chi connectivity index (χ2v) is 4.02. The van der Waals surface area contributed by atoms with Crippen LogP contribution in [-0.2, 0) is 0 Å². The van der Waals surface area contributed by atoms with Gasteiger partial charge in [0.2, 0.25) is 0 Å². The van der Waals surface area contributed by atoms with Gasteiger partial charge < -0.3 is 15.3 Å². The second-order valence-electron chi connectivity index (χ2n) is 4.02. The van der Waals surface area contributed by atoms with Crippen molar-refractivity contribution in [2.45, 2.75) is 20.8 Å². The Kier molecular flexibility index (Phi) is 5.58. The molecule has 0 aliphatic heterocycles. The highest BCUT2D eigenvalue weighted by Crippen LogP contribution is 2.12. The molecule has 0 unspecified atom stereocenters. The average molecular weight is 251 g/mol. The molecule has 0 saturated carbocycles. The van der Waals surface area contributed by atoms with Crippen molar-refractivity contribution in [1.82, 2.24) is 9.88 Å². The van der Waals surface area contributed by atoms with Crippen LogP contribution in [0, 0.1) is 6.92 Å². The van der Waals surface area contributed by atoms with E-state index in [9.17, 15) is 4.79 Å². The van der Waals surface area contributed by atoms with Gasteiger partial charge in [-0.15, -0.1) is 0 Å². The van der Waals surface area contributed by atoms with Crippen LogP contribution >= 0.6 is 0 Å². The summed E-state index contributed by atoms with van der Waals surface area (Å²) < 4.78 is 0. The molecule has 100 valence electrons. The molecule has 5 nitrogen and oxygen atoms in total. The maximum atomic E-state index is 12.2. The van der Waals surface area contributed by atoms with Crippen LogP contribution in [0.15, 0.2) is 12.1 Å². The Morgan fingerprint density at radius 1 is 1.44 bits per heavy atom. The third kappa shape index (κ3) is 3.70. The predicted octanol–water partition coefficient (Wildman–Crippen LogP) is 1.28. The van der Waals surface area contributed by atoms with E-state index in [1.54, 1.807) is 17.0 Å². The minimum absolute atomic E-state index is 0.0241. The number of likely N-dealkylation sites (N-methyl/N-ethyl adjacent to an activating group) is 1. The molecule has 0 bridgehead atoms. The van der Waals surface area contributed by atoms with Gasteiger partial charge in [0, 0.05) is 30.9 Å². The first kappa shape index (κ1) is 14.4. The lowest BCUT2D eigenvalue weighted by molar-refractivity contribution is 0.0732. The van der Waals surface area contributed by atoms with Gasteiger partial charge in [0.15, 0.2) is 0 Å². The molecule has 1 aromatic rings. The first-order valence-corrected chi connectivity index (χ1v) is 6.25. The van der Waals surface area contributed by atoms with E-state index in [0.717, 1.165) is 12.2 Å². The van der Waals surface area contributed by atoms with Crippen molar-refractivity contribution >= 4 is 11.7 Å². The molecule has 5 heteroatoms. The van der Waals surface area contributed by atoms with E-state index in [4.69, 9.17) is 5.11 Å². The molecule has 0 saturated heterocycles. The van der Waals surface area contributed by atoms with Gasteiger partial charge in [-0.2, -0.15) is 0 Å². The van der Waals surface area contributed by atoms with Crippen molar-refractivity contribution in [1.29, 1.82) is 0 Å². The molecule has 0 aliphatic rings. The van der Waals surface area contributed by atoms with Crippen molar-refractivity contribution in [2.24, 2.45) is 0 Å². The molecule has 18 heavy (non-hydrogen) atoms. The number of aryl methyl sites for hydroxylation is 1. The molecule has 0 fully saturated rings. The lowest BCUT2D eigenvalue weighted by Gasteiger charge is -2.20. The number of carbonyl (C=O) groups excluding carboxylic acids is 1. The van der Waals surface area contributed by atoms with E-state index in [2.05, 4.69) is 10.3 Å². The summed E-state index contributed by atoms with van der Waals surface area (Å²) in [4.78, 5) is 18.2. The fourth-order valence-corrected chi connectivity index (χ4v) is 1.77. The summed E-state index contributed by atoms with van der Waals surface area (Å²) in [7, 11) is 0. The second kappa shape index (κ2) is 6.96. The number of nitrogens with zero attached hydrogens (tertiary/aromatic N) is 2. The Balaban J connectivity index is 2.96. The first-order chi connectivity index (χ1) is 8.62. The lowest BCUT2D eigenvalue weighted by Crippen LogP contribution is -2.33. The van der Waals surface area contributed by atoms with Crippen LogP contribution in [-0.4, -0.2) is 47.1 Å². The number of aliphatic hydroxyl groups excluding tert-OH is 1. The number of aliphatic hydroxyl groups is 1. The van der Waals surface area contributed by atoms with E-state index >= 15 is 0 Å². The number of amides is 1. The van der Waals surface area contributed by atoms with E-state index in [1.807, 2.05) is 20.8 Å². The summed E-state index contributed by atoms with van der Waals surface area (Å²) in [5, 5.41) is 12.0. The third-order valence-electron chi connectivity index (χ3n) is 2.60. The topological polar surface area (TPSA) is 65.5 Å². The number of carbonyl (C=O) groups is 1. The fourth-order valence-electron chi connectivity index (χ4n) is 1.77. The molecule has 0 spiro atoms. The SMILES string of the molecule is CCNc1cc(C(=O)N(CC)CCO)cc(C)n1. The van der Waals surface area contributed by atoms with Gasteiger partial charge in [-0.1, -0.05) is 0 Å². The highest BCUT2D eigenvalue weighted by Gasteiger charge is 2.14. The van der Waals surface area contributed by atoms with Crippen LogP contribution in [0.1, 0.15) is 29.9 Å². The summed E-state index contributed by atoms with van der Waals surface area (Å²) in [6.45, 7) is 7.41. The normalized spacial score (nSPS) is 10.2. The van der Waals surface area contributed by atoms with Crippen molar-refractivity contribution in [2.75, 3.05) is 31.6 Å². The lowest BCUT2D eigenvalue weighted by atomic mass is 10.2. The molecule has 0 aliphatic carbocycles. The Bertz CT molecular complexity index is 407. The Labute approximate surface area is 108 Å². The van der Waals surface area contributed by atoms with Crippen LogP contribution < -0.4 is 5.32 Å². The molecule has 2 N–H and O–H groups in total. The maximum Gasteiger partial charge on any atom is 0.254 e. The zero-order chi connectivity index (χ0) is 13.5. The minimum atomic E-state index is -0.0730. The summed E-state index contributed by atoms with van der Waals surface area (Å²) in [5.74, 6) is 0.636. The fraction of sp³-hybridized carbons (Fsp3) is 0.538. The Morgan fingerprint density at radius 2 is 2.17 bits per heavy atom. The van der Waals surface area contributed by atoms with Gasteiger partial charge >= 0.3 is 0 Å².